The maximum absolute atomic E-state index is 9.00. The van der Waals surface area contributed by atoms with Crippen molar-refractivity contribution in [2.24, 2.45) is 0 Å². The van der Waals surface area contributed by atoms with Gasteiger partial charge in [0.05, 0.1) is 12.9 Å². The monoisotopic (exact) mass is 183 g/mol. The number of nitrogens with zero attached hydrogens (tertiary/aromatic N) is 2. The van der Waals surface area contributed by atoms with Gasteiger partial charge >= 0.3 is 0 Å². The third kappa shape index (κ3) is 3.57. The van der Waals surface area contributed by atoms with Crippen LogP contribution in [0, 0.1) is 0 Å². The number of aliphatic hydroxyl groups is 1. The molecule has 0 aliphatic heterocycles. The molecule has 1 unspecified atom stereocenters. The van der Waals surface area contributed by atoms with E-state index in [1.807, 2.05) is 17.7 Å². The molecule has 4 heteroatoms. The molecule has 1 heterocycles. The van der Waals surface area contributed by atoms with E-state index in [4.69, 9.17) is 5.11 Å². The van der Waals surface area contributed by atoms with E-state index in [9.17, 15) is 0 Å². The highest BCUT2D eigenvalue weighted by Crippen LogP contribution is 1.95. The highest BCUT2D eigenvalue weighted by molar-refractivity contribution is 4.75. The van der Waals surface area contributed by atoms with Crippen LogP contribution in [0.4, 0.5) is 0 Å². The van der Waals surface area contributed by atoms with E-state index in [2.05, 4.69) is 10.3 Å². The smallest absolute Gasteiger partial charge is 0.0945 e. The summed E-state index contributed by atoms with van der Waals surface area (Å²) in [5.41, 5.74) is 0. The normalized spacial score (nSPS) is 13.1. The van der Waals surface area contributed by atoms with E-state index >= 15 is 0 Å². The van der Waals surface area contributed by atoms with Gasteiger partial charge in [0, 0.05) is 25.0 Å². The van der Waals surface area contributed by atoms with Gasteiger partial charge in [-0.15, -0.1) is 0 Å². The number of nitrogens with one attached hydrogen (secondary N) is 1. The van der Waals surface area contributed by atoms with Crippen LogP contribution >= 0.6 is 0 Å². The maximum atomic E-state index is 9.00. The largest absolute Gasteiger partial charge is 0.395 e. The average molecular weight is 183 g/mol. The Labute approximate surface area is 78.6 Å². The van der Waals surface area contributed by atoms with Crippen LogP contribution < -0.4 is 5.32 Å². The minimum absolute atomic E-state index is 0.197. The fourth-order valence-electron chi connectivity index (χ4n) is 1.27. The predicted octanol–water partition coefficient (Wildman–Crippen LogP) is 0.244. The van der Waals surface area contributed by atoms with Gasteiger partial charge in [0.2, 0.25) is 0 Å². The zero-order valence-corrected chi connectivity index (χ0v) is 7.98. The first-order valence-electron chi connectivity index (χ1n) is 4.66. The second-order valence-electron chi connectivity index (χ2n) is 3.03. The summed E-state index contributed by atoms with van der Waals surface area (Å²) in [4.78, 5) is 3.95. The van der Waals surface area contributed by atoms with Crippen LogP contribution in [-0.2, 0) is 6.54 Å². The van der Waals surface area contributed by atoms with E-state index in [0.29, 0.717) is 0 Å². The number of aromatic nitrogens is 2. The zero-order valence-electron chi connectivity index (χ0n) is 7.98. The van der Waals surface area contributed by atoms with Crippen molar-refractivity contribution in [3.8, 4) is 0 Å². The summed E-state index contributed by atoms with van der Waals surface area (Å²) in [6.45, 7) is 4.04. The molecule has 1 aromatic heterocycles. The maximum Gasteiger partial charge on any atom is 0.0945 e. The number of hydrogen-bond acceptors (Lipinski definition) is 3. The third-order valence-corrected chi connectivity index (χ3v) is 2.01. The zero-order chi connectivity index (χ0) is 9.52. The Bertz CT molecular complexity index is 211. The molecule has 1 rings (SSSR count). The van der Waals surface area contributed by atoms with Crippen molar-refractivity contribution in [2.75, 3.05) is 13.2 Å². The van der Waals surface area contributed by atoms with Gasteiger partial charge in [-0.1, -0.05) is 6.92 Å². The topological polar surface area (TPSA) is 50.1 Å². The lowest BCUT2D eigenvalue weighted by Crippen LogP contribution is -2.33. The highest BCUT2D eigenvalue weighted by Gasteiger charge is 2.04. The fourth-order valence-corrected chi connectivity index (χ4v) is 1.27. The lowest BCUT2D eigenvalue weighted by Gasteiger charge is -2.14. The molecule has 0 aliphatic rings. The van der Waals surface area contributed by atoms with E-state index in [0.717, 1.165) is 19.5 Å². The van der Waals surface area contributed by atoms with Gasteiger partial charge in [0.1, 0.15) is 0 Å². The average Bonchev–Trinajstić information content (AvgIpc) is 2.64. The van der Waals surface area contributed by atoms with Crippen LogP contribution in [0.5, 0.6) is 0 Å². The summed E-state index contributed by atoms with van der Waals surface area (Å²) in [5, 5.41) is 12.2. The molecule has 0 spiro atoms. The van der Waals surface area contributed by atoms with Crippen LogP contribution in [0.1, 0.15) is 13.3 Å². The van der Waals surface area contributed by atoms with E-state index in [-0.39, 0.29) is 12.6 Å². The lowest BCUT2D eigenvalue weighted by atomic mass is 10.2. The molecule has 0 fully saturated rings. The van der Waals surface area contributed by atoms with E-state index in [1.54, 1.807) is 12.5 Å². The first-order valence-corrected chi connectivity index (χ1v) is 4.66. The van der Waals surface area contributed by atoms with Gasteiger partial charge < -0.3 is 15.0 Å². The number of rotatable bonds is 6. The Morgan fingerprint density at radius 1 is 1.62 bits per heavy atom. The molecule has 74 valence electrons. The van der Waals surface area contributed by atoms with Crippen molar-refractivity contribution < 1.29 is 5.11 Å². The predicted molar refractivity (Wildman–Crippen MR) is 51.4 cm³/mol. The second kappa shape index (κ2) is 5.72. The van der Waals surface area contributed by atoms with Gasteiger partial charge in [-0.25, -0.2) is 4.98 Å². The van der Waals surface area contributed by atoms with Gasteiger partial charge in [0.25, 0.3) is 0 Å². The van der Waals surface area contributed by atoms with E-state index in [1.165, 1.54) is 0 Å². The molecular formula is C9H17N3O. The van der Waals surface area contributed by atoms with Crippen LogP contribution in [0.3, 0.4) is 0 Å². The van der Waals surface area contributed by atoms with Gasteiger partial charge in [-0.2, -0.15) is 0 Å². The van der Waals surface area contributed by atoms with Crippen molar-refractivity contribution in [2.45, 2.75) is 25.9 Å². The van der Waals surface area contributed by atoms with Crippen LogP contribution in [-0.4, -0.2) is 33.9 Å². The molecule has 0 amide bonds. The molecule has 0 radical (unpaired) electrons. The Morgan fingerprint density at radius 2 is 2.46 bits per heavy atom. The quantitative estimate of drug-likeness (QED) is 0.664. The van der Waals surface area contributed by atoms with Gasteiger partial charge in [0.15, 0.2) is 0 Å². The molecule has 0 aliphatic carbocycles. The summed E-state index contributed by atoms with van der Waals surface area (Å²) < 4.78 is 2.01. The number of aliphatic hydroxyl groups excluding tert-OH is 1. The molecule has 0 bridgehead atoms. The second-order valence-corrected chi connectivity index (χ2v) is 3.03. The Balaban J connectivity index is 2.23. The number of likely N-dealkylation sites (N-methyl/N-ethyl adjacent to an activating group) is 1. The van der Waals surface area contributed by atoms with E-state index < -0.39 is 0 Å². The molecule has 2 N–H and O–H groups in total. The molecule has 1 aromatic rings. The first kappa shape index (κ1) is 10.2. The lowest BCUT2D eigenvalue weighted by molar-refractivity contribution is 0.233. The summed E-state index contributed by atoms with van der Waals surface area (Å²) in [7, 11) is 0. The first-order chi connectivity index (χ1) is 6.36. The minimum atomic E-state index is 0.197. The van der Waals surface area contributed by atoms with Crippen molar-refractivity contribution in [3.05, 3.63) is 18.7 Å². The third-order valence-electron chi connectivity index (χ3n) is 2.01. The molecule has 0 saturated carbocycles. The van der Waals surface area contributed by atoms with Crippen LogP contribution in [0.25, 0.3) is 0 Å². The summed E-state index contributed by atoms with van der Waals surface area (Å²) in [6.07, 6.45) is 6.42. The molecule has 1 atom stereocenters. The Hall–Kier alpha value is -0.870. The summed E-state index contributed by atoms with van der Waals surface area (Å²) in [6, 6.07) is 0.201. The molecular weight excluding hydrogens is 166 g/mol. The van der Waals surface area contributed by atoms with Crippen molar-refractivity contribution in [1.82, 2.24) is 14.9 Å². The van der Waals surface area contributed by atoms with Crippen LogP contribution in [0.2, 0.25) is 0 Å². The van der Waals surface area contributed by atoms with Crippen molar-refractivity contribution in [3.63, 3.8) is 0 Å². The van der Waals surface area contributed by atoms with Crippen molar-refractivity contribution >= 4 is 0 Å². The molecule has 0 aromatic carbocycles. The summed E-state index contributed by atoms with van der Waals surface area (Å²) >= 11 is 0. The van der Waals surface area contributed by atoms with Gasteiger partial charge in [-0.3, -0.25) is 0 Å². The van der Waals surface area contributed by atoms with Gasteiger partial charge in [-0.05, 0) is 13.0 Å². The molecule has 4 nitrogen and oxygen atoms in total. The fraction of sp³-hybridized carbons (Fsp3) is 0.667. The highest BCUT2D eigenvalue weighted by atomic mass is 16.3. The van der Waals surface area contributed by atoms with Crippen LogP contribution in [0.15, 0.2) is 18.7 Å². The molecule has 13 heavy (non-hydrogen) atoms. The summed E-state index contributed by atoms with van der Waals surface area (Å²) in [5.74, 6) is 0. The molecule has 0 saturated heterocycles. The number of aryl methyl sites for hydroxylation is 1. The SMILES string of the molecule is CCNC(CO)CCn1ccnc1. The Kier molecular flexibility index (Phi) is 4.49. The number of imidazole rings is 1. The standard InChI is InChI=1S/C9H17N3O/c1-2-11-9(7-13)3-5-12-6-4-10-8-12/h4,6,8-9,11,13H,2-3,5,7H2,1H3. The number of hydrogen-bond donors (Lipinski definition) is 2. The van der Waals surface area contributed by atoms with Crippen molar-refractivity contribution in [1.29, 1.82) is 0 Å². The Morgan fingerprint density at radius 3 is 3.00 bits per heavy atom. The minimum Gasteiger partial charge on any atom is -0.395 e.